The predicted octanol–water partition coefficient (Wildman–Crippen LogP) is 4.68. The Kier molecular flexibility index (Phi) is 4.30. The molecule has 1 aromatic heterocycles. The lowest BCUT2D eigenvalue weighted by Crippen LogP contribution is -2.12. The molecule has 0 saturated heterocycles. The Labute approximate surface area is 140 Å². The van der Waals surface area contributed by atoms with Crippen molar-refractivity contribution in [3.63, 3.8) is 0 Å². The van der Waals surface area contributed by atoms with E-state index in [1.54, 1.807) is 14.0 Å². The lowest BCUT2D eigenvalue weighted by Gasteiger charge is -2.08. The summed E-state index contributed by atoms with van der Waals surface area (Å²) in [5, 5.41) is 10.0. The van der Waals surface area contributed by atoms with Crippen molar-refractivity contribution in [2.45, 2.75) is 20.3 Å². The molecule has 0 fully saturated rings. The lowest BCUT2D eigenvalue weighted by molar-refractivity contribution is -0.141. The number of fused-ring (bicyclic) bond motifs is 1. The van der Waals surface area contributed by atoms with Gasteiger partial charge in [0.1, 0.15) is 5.76 Å². The Hall–Kier alpha value is -2.75. The zero-order valence-electron chi connectivity index (χ0n) is 14.0. The van der Waals surface area contributed by atoms with Crippen LogP contribution in [-0.2, 0) is 11.2 Å². The maximum Gasteiger partial charge on any atom is 0.306 e. The molecule has 3 rings (SSSR count). The second-order valence-electron chi connectivity index (χ2n) is 6.14. The van der Waals surface area contributed by atoms with Gasteiger partial charge in [-0.05, 0) is 37.1 Å². The van der Waals surface area contributed by atoms with Crippen molar-refractivity contribution < 1.29 is 19.1 Å². The zero-order chi connectivity index (χ0) is 17.3. The van der Waals surface area contributed by atoms with Crippen LogP contribution >= 0.6 is 0 Å². The molecule has 0 spiro atoms. The number of carboxylic acid groups (broad SMARTS) is 1. The number of hydrogen-bond donors (Lipinski definition) is 1. The van der Waals surface area contributed by atoms with E-state index in [1.165, 1.54) is 5.56 Å². The summed E-state index contributed by atoms with van der Waals surface area (Å²) >= 11 is 0. The van der Waals surface area contributed by atoms with Gasteiger partial charge in [-0.25, -0.2) is 0 Å². The summed E-state index contributed by atoms with van der Waals surface area (Å²) in [4.78, 5) is 11.1. The summed E-state index contributed by atoms with van der Waals surface area (Å²) in [5.74, 6) is 0.141. The number of carboxylic acids is 1. The molecule has 124 valence electrons. The van der Waals surface area contributed by atoms with Crippen LogP contribution in [0, 0.1) is 12.8 Å². The fraction of sp³-hybridized carbons (Fsp3) is 0.250. The normalized spacial score (nSPS) is 12.3. The smallest absolute Gasteiger partial charge is 0.306 e. The van der Waals surface area contributed by atoms with Crippen molar-refractivity contribution in [1.82, 2.24) is 0 Å². The number of hydrogen-bond acceptors (Lipinski definition) is 3. The summed E-state index contributed by atoms with van der Waals surface area (Å²) in [7, 11) is 1.59. The lowest BCUT2D eigenvalue weighted by atomic mass is 10.00. The molecule has 0 aliphatic heterocycles. The van der Waals surface area contributed by atoms with Gasteiger partial charge in [0.05, 0.1) is 13.0 Å². The number of aliphatic carboxylic acids is 1. The van der Waals surface area contributed by atoms with Crippen molar-refractivity contribution in [3.8, 4) is 17.1 Å². The second-order valence-corrected chi connectivity index (χ2v) is 6.14. The topological polar surface area (TPSA) is 59.7 Å². The Balaban J connectivity index is 2.04. The van der Waals surface area contributed by atoms with Crippen molar-refractivity contribution in [2.75, 3.05) is 7.11 Å². The molecule has 0 saturated carbocycles. The van der Waals surface area contributed by atoms with Gasteiger partial charge in [0.2, 0.25) is 0 Å². The summed E-state index contributed by atoms with van der Waals surface area (Å²) in [6.07, 6.45) is 0.451. The van der Waals surface area contributed by atoms with Crippen LogP contribution in [-0.4, -0.2) is 18.2 Å². The van der Waals surface area contributed by atoms with Crippen LogP contribution in [0.4, 0.5) is 0 Å². The number of rotatable bonds is 5. The van der Waals surface area contributed by atoms with Gasteiger partial charge in [0.25, 0.3) is 0 Å². The highest BCUT2D eigenvalue weighted by Crippen LogP contribution is 2.35. The number of aryl methyl sites for hydroxylation is 1. The number of furan rings is 1. The number of benzene rings is 2. The van der Waals surface area contributed by atoms with Gasteiger partial charge in [0, 0.05) is 10.9 Å². The fourth-order valence-electron chi connectivity index (χ4n) is 2.75. The SMILES string of the molecule is COc1cc(CC(C)C(=O)O)cc2cc(-c3ccc(C)cc3)oc12. The van der Waals surface area contributed by atoms with Gasteiger partial charge >= 0.3 is 5.97 Å². The number of carbonyl (C=O) groups is 1. The van der Waals surface area contributed by atoms with Crippen LogP contribution in [0.5, 0.6) is 5.75 Å². The first-order valence-electron chi connectivity index (χ1n) is 7.88. The third-order valence-electron chi connectivity index (χ3n) is 4.16. The standard InChI is InChI=1S/C20H20O4/c1-12-4-6-15(7-5-12)17-11-16-9-14(8-13(2)20(21)22)10-18(23-3)19(16)24-17/h4-7,9-11,13H,8H2,1-3H3,(H,21,22). The first-order chi connectivity index (χ1) is 11.5. The van der Waals surface area contributed by atoms with Crippen LogP contribution in [0.15, 0.2) is 46.9 Å². The number of ether oxygens (including phenoxy) is 1. The average Bonchev–Trinajstić information content (AvgIpc) is 2.98. The molecule has 1 atom stereocenters. The molecule has 0 aliphatic rings. The van der Waals surface area contributed by atoms with Gasteiger partial charge in [-0.15, -0.1) is 0 Å². The molecule has 0 aliphatic carbocycles. The second kappa shape index (κ2) is 6.40. The van der Waals surface area contributed by atoms with E-state index in [0.717, 1.165) is 22.3 Å². The fourth-order valence-corrected chi connectivity index (χ4v) is 2.75. The highest BCUT2D eigenvalue weighted by Gasteiger charge is 2.16. The first kappa shape index (κ1) is 16.1. The van der Waals surface area contributed by atoms with Crippen LogP contribution in [0.25, 0.3) is 22.3 Å². The molecule has 1 N–H and O–H groups in total. The van der Waals surface area contributed by atoms with Crippen molar-refractivity contribution in [1.29, 1.82) is 0 Å². The summed E-state index contributed by atoms with van der Waals surface area (Å²) in [5.41, 5.74) is 3.79. The summed E-state index contributed by atoms with van der Waals surface area (Å²) in [6, 6.07) is 13.9. The maximum absolute atomic E-state index is 11.1. The van der Waals surface area contributed by atoms with Crippen LogP contribution in [0.2, 0.25) is 0 Å². The highest BCUT2D eigenvalue weighted by molar-refractivity contribution is 5.88. The summed E-state index contributed by atoms with van der Waals surface area (Å²) in [6.45, 7) is 3.74. The van der Waals surface area contributed by atoms with Crippen LogP contribution in [0.3, 0.4) is 0 Å². The third kappa shape index (κ3) is 3.13. The Bertz CT molecular complexity index is 875. The van der Waals surface area contributed by atoms with Gasteiger partial charge in [0.15, 0.2) is 11.3 Å². The average molecular weight is 324 g/mol. The van der Waals surface area contributed by atoms with E-state index >= 15 is 0 Å². The van der Waals surface area contributed by atoms with E-state index in [-0.39, 0.29) is 0 Å². The van der Waals surface area contributed by atoms with E-state index in [9.17, 15) is 4.79 Å². The molecule has 1 heterocycles. The van der Waals surface area contributed by atoms with Crippen molar-refractivity contribution in [2.24, 2.45) is 5.92 Å². The molecule has 0 amide bonds. The van der Waals surface area contributed by atoms with Gasteiger partial charge < -0.3 is 14.3 Å². The molecular formula is C20H20O4. The van der Waals surface area contributed by atoms with Gasteiger partial charge in [-0.2, -0.15) is 0 Å². The summed E-state index contributed by atoms with van der Waals surface area (Å²) < 4.78 is 11.4. The van der Waals surface area contributed by atoms with Crippen LogP contribution in [0.1, 0.15) is 18.1 Å². The third-order valence-corrected chi connectivity index (χ3v) is 4.16. The predicted molar refractivity (Wildman–Crippen MR) is 93.4 cm³/mol. The molecule has 4 heteroatoms. The van der Waals surface area contributed by atoms with Gasteiger partial charge in [-0.1, -0.05) is 36.8 Å². The van der Waals surface area contributed by atoms with E-state index < -0.39 is 11.9 Å². The van der Waals surface area contributed by atoms with E-state index in [2.05, 4.69) is 0 Å². The number of methoxy groups -OCH3 is 1. The van der Waals surface area contributed by atoms with E-state index in [1.807, 2.05) is 49.4 Å². The van der Waals surface area contributed by atoms with Crippen LogP contribution < -0.4 is 4.74 Å². The Morgan fingerprint density at radius 3 is 2.54 bits per heavy atom. The largest absolute Gasteiger partial charge is 0.493 e. The van der Waals surface area contributed by atoms with E-state index in [4.69, 9.17) is 14.3 Å². The molecule has 0 bridgehead atoms. The van der Waals surface area contributed by atoms with Gasteiger partial charge in [-0.3, -0.25) is 4.79 Å². The molecule has 4 nitrogen and oxygen atoms in total. The maximum atomic E-state index is 11.1. The molecular weight excluding hydrogens is 304 g/mol. The molecule has 3 aromatic rings. The molecule has 1 unspecified atom stereocenters. The Morgan fingerprint density at radius 1 is 1.21 bits per heavy atom. The molecule has 0 radical (unpaired) electrons. The highest BCUT2D eigenvalue weighted by atomic mass is 16.5. The quantitative estimate of drug-likeness (QED) is 0.740. The Morgan fingerprint density at radius 2 is 1.92 bits per heavy atom. The molecule has 24 heavy (non-hydrogen) atoms. The first-order valence-corrected chi connectivity index (χ1v) is 7.88. The zero-order valence-corrected chi connectivity index (χ0v) is 14.0. The van der Waals surface area contributed by atoms with Crippen molar-refractivity contribution in [3.05, 3.63) is 53.6 Å². The van der Waals surface area contributed by atoms with E-state index in [0.29, 0.717) is 17.8 Å². The minimum atomic E-state index is -0.804. The van der Waals surface area contributed by atoms with Crippen molar-refractivity contribution >= 4 is 16.9 Å². The monoisotopic (exact) mass is 324 g/mol. The molecule has 2 aromatic carbocycles. The minimum absolute atomic E-state index is 0.448. The minimum Gasteiger partial charge on any atom is -0.493 e.